The number of hydrogen-bond acceptors (Lipinski definition) is 4. The molecule has 0 saturated carbocycles. The molecule has 0 aliphatic carbocycles. The monoisotopic (exact) mass is 231 g/mol. The molecule has 0 aromatic carbocycles. The van der Waals surface area contributed by atoms with Crippen LogP contribution >= 0.6 is 0 Å². The standard InChI is InChI=1S/C11H21NO4/c1-3-8(13)6-9(14)4-7(2)5-10(12)11(15)16/h7,9-10,14H,3-6,12H2,1-2H3,(H,15,16)/t7-,9+,10+/m1/s1. The molecule has 0 amide bonds. The summed E-state index contributed by atoms with van der Waals surface area (Å²) < 4.78 is 0. The van der Waals surface area contributed by atoms with E-state index in [0.29, 0.717) is 19.3 Å². The molecule has 94 valence electrons. The number of aliphatic carboxylic acids is 1. The molecule has 5 nitrogen and oxygen atoms in total. The lowest BCUT2D eigenvalue weighted by molar-refractivity contribution is -0.139. The Bertz CT molecular complexity index is 242. The van der Waals surface area contributed by atoms with Crippen molar-refractivity contribution in [1.82, 2.24) is 0 Å². The summed E-state index contributed by atoms with van der Waals surface area (Å²) in [6.07, 6.45) is 0.589. The van der Waals surface area contributed by atoms with Gasteiger partial charge in [0.15, 0.2) is 0 Å². The smallest absolute Gasteiger partial charge is 0.320 e. The van der Waals surface area contributed by atoms with Crippen LogP contribution in [0.3, 0.4) is 0 Å². The predicted octanol–water partition coefficient (Wildman–Crippen LogP) is 0.545. The van der Waals surface area contributed by atoms with Gasteiger partial charge in [0.2, 0.25) is 0 Å². The molecule has 0 heterocycles. The summed E-state index contributed by atoms with van der Waals surface area (Å²) in [6, 6.07) is -0.899. The van der Waals surface area contributed by atoms with Crippen LogP contribution in [-0.4, -0.2) is 34.1 Å². The lowest BCUT2D eigenvalue weighted by Crippen LogP contribution is -2.32. The van der Waals surface area contributed by atoms with Crippen LogP contribution in [0.5, 0.6) is 0 Å². The van der Waals surface area contributed by atoms with Crippen LogP contribution < -0.4 is 5.73 Å². The fourth-order valence-electron chi connectivity index (χ4n) is 1.59. The van der Waals surface area contributed by atoms with Crippen LogP contribution in [0.4, 0.5) is 0 Å². The number of hydrogen-bond donors (Lipinski definition) is 3. The van der Waals surface area contributed by atoms with Crippen molar-refractivity contribution in [3.63, 3.8) is 0 Å². The van der Waals surface area contributed by atoms with Crippen LogP contribution in [0.1, 0.15) is 39.5 Å². The number of carboxylic acid groups (broad SMARTS) is 1. The normalized spacial score (nSPS) is 16.5. The van der Waals surface area contributed by atoms with Crippen LogP contribution in [0.25, 0.3) is 0 Å². The highest BCUT2D eigenvalue weighted by Gasteiger charge is 2.19. The van der Waals surface area contributed by atoms with Crippen LogP contribution in [0, 0.1) is 5.92 Å². The second-order valence-corrected chi connectivity index (χ2v) is 4.27. The topological polar surface area (TPSA) is 101 Å². The quantitative estimate of drug-likeness (QED) is 0.566. The molecule has 5 heteroatoms. The summed E-state index contributed by atoms with van der Waals surface area (Å²) in [5, 5.41) is 18.2. The molecule has 0 rings (SSSR count). The van der Waals surface area contributed by atoms with E-state index in [1.54, 1.807) is 6.92 Å². The van der Waals surface area contributed by atoms with Crippen molar-refractivity contribution >= 4 is 11.8 Å². The second-order valence-electron chi connectivity index (χ2n) is 4.27. The van der Waals surface area contributed by atoms with Gasteiger partial charge in [-0.3, -0.25) is 9.59 Å². The van der Waals surface area contributed by atoms with Crippen LogP contribution in [-0.2, 0) is 9.59 Å². The molecule has 0 aliphatic rings. The third-order valence-corrected chi connectivity index (χ3v) is 2.51. The zero-order valence-corrected chi connectivity index (χ0v) is 9.85. The van der Waals surface area contributed by atoms with Gasteiger partial charge >= 0.3 is 5.97 Å². The number of carboxylic acids is 1. The lowest BCUT2D eigenvalue weighted by Gasteiger charge is -2.17. The number of carbonyl (C=O) groups excluding carboxylic acids is 1. The van der Waals surface area contributed by atoms with Gasteiger partial charge < -0.3 is 15.9 Å². The summed E-state index contributed by atoms with van der Waals surface area (Å²) in [5.41, 5.74) is 5.37. The molecule has 0 radical (unpaired) electrons. The summed E-state index contributed by atoms with van der Waals surface area (Å²) in [4.78, 5) is 21.6. The maximum Gasteiger partial charge on any atom is 0.320 e. The fraction of sp³-hybridized carbons (Fsp3) is 0.818. The highest BCUT2D eigenvalue weighted by Crippen LogP contribution is 2.14. The Morgan fingerprint density at radius 2 is 1.88 bits per heavy atom. The van der Waals surface area contributed by atoms with Crippen LogP contribution in [0.15, 0.2) is 0 Å². The van der Waals surface area contributed by atoms with Crippen LogP contribution in [0.2, 0.25) is 0 Å². The largest absolute Gasteiger partial charge is 0.480 e. The Morgan fingerprint density at radius 1 is 1.31 bits per heavy atom. The first-order valence-corrected chi connectivity index (χ1v) is 5.54. The summed E-state index contributed by atoms with van der Waals surface area (Å²) >= 11 is 0. The van der Waals surface area contributed by atoms with Gasteiger partial charge in [-0.05, 0) is 18.8 Å². The maximum atomic E-state index is 11.1. The zero-order valence-electron chi connectivity index (χ0n) is 9.85. The first-order valence-electron chi connectivity index (χ1n) is 5.54. The van der Waals surface area contributed by atoms with Crippen molar-refractivity contribution < 1.29 is 19.8 Å². The van der Waals surface area contributed by atoms with Gasteiger partial charge in [-0.25, -0.2) is 0 Å². The zero-order chi connectivity index (χ0) is 12.7. The third-order valence-electron chi connectivity index (χ3n) is 2.51. The molecule has 0 unspecified atom stereocenters. The number of rotatable bonds is 8. The molecule has 0 aromatic heterocycles. The SMILES string of the molecule is CCC(=O)C[C@@H](O)C[C@@H](C)C[C@H](N)C(=O)O. The number of aliphatic hydroxyl groups excluding tert-OH is 1. The van der Waals surface area contributed by atoms with Crippen molar-refractivity contribution in [2.45, 2.75) is 51.7 Å². The molecule has 4 N–H and O–H groups in total. The van der Waals surface area contributed by atoms with Gasteiger partial charge in [-0.1, -0.05) is 13.8 Å². The molecule has 0 fully saturated rings. The van der Waals surface area contributed by atoms with E-state index in [4.69, 9.17) is 10.8 Å². The van der Waals surface area contributed by atoms with Crippen molar-refractivity contribution in [3.05, 3.63) is 0 Å². The van der Waals surface area contributed by atoms with Crippen molar-refractivity contribution in [2.24, 2.45) is 11.7 Å². The minimum atomic E-state index is -1.04. The van der Waals surface area contributed by atoms with E-state index in [9.17, 15) is 14.7 Å². The number of ketones is 1. The van der Waals surface area contributed by atoms with Gasteiger partial charge in [0.05, 0.1) is 6.10 Å². The Balaban J connectivity index is 3.90. The van der Waals surface area contributed by atoms with Gasteiger partial charge in [0.25, 0.3) is 0 Å². The molecule has 0 aliphatic heterocycles. The predicted molar refractivity (Wildman–Crippen MR) is 59.9 cm³/mol. The summed E-state index contributed by atoms with van der Waals surface area (Å²) in [6.45, 7) is 3.57. The van der Waals surface area contributed by atoms with E-state index in [1.165, 1.54) is 0 Å². The lowest BCUT2D eigenvalue weighted by atomic mass is 9.94. The summed E-state index contributed by atoms with van der Waals surface area (Å²) in [5.74, 6) is -1.03. The van der Waals surface area contributed by atoms with Gasteiger partial charge in [0, 0.05) is 12.8 Å². The van der Waals surface area contributed by atoms with E-state index >= 15 is 0 Å². The number of Topliss-reactive ketones (excluding diaryl/α,β-unsaturated/α-hetero) is 1. The Morgan fingerprint density at radius 3 is 2.31 bits per heavy atom. The molecule has 0 aromatic rings. The average molecular weight is 231 g/mol. The van der Waals surface area contributed by atoms with Crippen molar-refractivity contribution in [3.8, 4) is 0 Å². The first kappa shape index (κ1) is 15.1. The summed E-state index contributed by atoms with van der Waals surface area (Å²) in [7, 11) is 0. The van der Waals surface area contributed by atoms with E-state index in [-0.39, 0.29) is 18.1 Å². The number of aliphatic hydroxyl groups is 1. The average Bonchev–Trinajstić information content (AvgIpc) is 2.16. The van der Waals surface area contributed by atoms with E-state index in [0.717, 1.165) is 0 Å². The second kappa shape index (κ2) is 7.35. The Hall–Kier alpha value is -0.940. The van der Waals surface area contributed by atoms with Gasteiger partial charge in [-0.2, -0.15) is 0 Å². The van der Waals surface area contributed by atoms with Crippen molar-refractivity contribution in [2.75, 3.05) is 0 Å². The molecule has 0 saturated heterocycles. The molecular weight excluding hydrogens is 210 g/mol. The number of nitrogens with two attached hydrogens (primary N) is 1. The third kappa shape index (κ3) is 6.53. The van der Waals surface area contributed by atoms with E-state index in [1.807, 2.05) is 6.92 Å². The highest BCUT2D eigenvalue weighted by molar-refractivity contribution is 5.78. The highest BCUT2D eigenvalue weighted by atomic mass is 16.4. The molecule has 3 atom stereocenters. The van der Waals surface area contributed by atoms with Gasteiger partial charge in [-0.15, -0.1) is 0 Å². The number of carbonyl (C=O) groups is 2. The maximum absolute atomic E-state index is 11.1. The fourth-order valence-corrected chi connectivity index (χ4v) is 1.59. The molecule has 0 spiro atoms. The Kier molecular flexibility index (Phi) is 6.92. The van der Waals surface area contributed by atoms with E-state index in [2.05, 4.69) is 0 Å². The Labute approximate surface area is 95.6 Å². The minimum Gasteiger partial charge on any atom is -0.480 e. The molecule has 16 heavy (non-hydrogen) atoms. The molecular formula is C11H21NO4. The molecule has 0 bridgehead atoms. The van der Waals surface area contributed by atoms with Gasteiger partial charge in [0.1, 0.15) is 11.8 Å². The first-order chi connectivity index (χ1) is 7.36. The van der Waals surface area contributed by atoms with Crippen molar-refractivity contribution in [1.29, 1.82) is 0 Å². The minimum absolute atomic E-state index is 0.00856. The van der Waals surface area contributed by atoms with E-state index < -0.39 is 18.1 Å².